The zero-order chi connectivity index (χ0) is 21.9. The molecule has 0 saturated carbocycles. The van der Waals surface area contributed by atoms with E-state index in [1.807, 2.05) is 29.2 Å². The number of para-hydroxylation sites is 2. The molecule has 1 aromatic carbocycles. The largest absolute Gasteiger partial charge is 0.482 e. The first-order valence-electron chi connectivity index (χ1n) is 11.4. The van der Waals surface area contributed by atoms with E-state index in [-0.39, 0.29) is 36.5 Å². The molecule has 1 N–H and O–H groups in total. The molecule has 1 amide bonds. The molecule has 3 rings (SSSR count). The third-order valence-electron chi connectivity index (χ3n) is 5.53. The fourth-order valence-electron chi connectivity index (χ4n) is 3.93. The highest BCUT2D eigenvalue weighted by atomic mass is 127. The van der Waals surface area contributed by atoms with Gasteiger partial charge in [-0.05, 0) is 44.7 Å². The molecule has 0 aliphatic carbocycles. The fraction of sp³-hybridized carbons (Fsp3) is 0.652. The lowest BCUT2D eigenvalue weighted by Gasteiger charge is -2.34. The van der Waals surface area contributed by atoms with E-state index in [1.54, 1.807) is 7.11 Å². The van der Waals surface area contributed by atoms with Crippen molar-refractivity contribution in [2.75, 3.05) is 64.6 Å². The van der Waals surface area contributed by atoms with Gasteiger partial charge in [-0.1, -0.05) is 12.1 Å². The molecule has 2 aliphatic heterocycles. The molecule has 0 spiro atoms. The van der Waals surface area contributed by atoms with Crippen LogP contribution in [0, 0.1) is 0 Å². The van der Waals surface area contributed by atoms with E-state index in [9.17, 15) is 4.79 Å². The lowest BCUT2D eigenvalue weighted by molar-refractivity contribution is -0.121. The Labute approximate surface area is 208 Å². The zero-order valence-electron chi connectivity index (χ0n) is 19.3. The molecule has 1 fully saturated rings. The van der Waals surface area contributed by atoms with Gasteiger partial charge in [-0.2, -0.15) is 0 Å². The molecule has 2 heterocycles. The summed E-state index contributed by atoms with van der Waals surface area (Å²) in [6, 6.07) is 7.69. The summed E-state index contributed by atoms with van der Waals surface area (Å²) in [5, 5.41) is 3.41. The van der Waals surface area contributed by atoms with Gasteiger partial charge in [0.05, 0.1) is 11.8 Å². The minimum Gasteiger partial charge on any atom is -0.482 e. The van der Waals surface area contributed by atoms with E-state index in [0.717, 1.165) is 75.9 Å². The first kappa shape index (κ1) is 26.7. The van der Waals surface area contributed by atoms with Crippen LogP contribution < -0.4 is 15.0 Å². The maximum absolute atomic E-state index is 12.3. The summed E-state index contributed by atoms with van der Waals surface area (Å²) in [7, 11) is 1.72. The summed E-state index contributed by atoms with van der Waals surface area (Å²) in [5.74, 6) is 1.72. The Kier molecular flexibility index (Phi) is 12.1. The highest BCUT2D eigenvalue weighted by molar-refractivity contribution is 14.0. The molecule has 180 valence electrons. The predicted octanol–water partition coefficient (Wildman–Crippen LogP) is 2.90. The van der Waals surface area contributed by atoms with Gasteiger partial charge in [-0.15, -0.1) is 24.0 Å². The number of anilines is 1. The number of aliphatic imine (C=N–C) groups is 1. The number of halogens is 1. The monoisotopic (exact) mass is 560 g/mol. The average Bonchev–Trinajstić information content (AvgIpc) is 2.80. The van der Waals surface area contributed by atoms with Crippen LogP contribution in [-0.2, 0) is 14.3 Å². The Morgan fingerprint density at radius 3 is 2.75 bits per heavy atom. The molecule has 0 radical (unpaired) electrons. The molecule has 1 saturated heterocycles. The number of ether oxygens (including phenoxy) is 3. The van der Waals surface area contributed by atoms with Gasteiger partial charge >= 0.3 is 0 Å². The van der Waals surface area contributed by atoms with Crippen LogP contribution in [0.3, 0.4) is 0 Å². The first-order valence-corrected chi connectivity index (χ1v) is 11.4. The summed E-state index contributed by atoms with van der Waals surface area (Å²) < 4.78 is 16.6. The molecule has 0 aromatic heterocycles. The van der Waals surface area contributed by atoms with E-state index in [2.05, 4.69) is 17.1 Å². The minimum absolute atomic E-state index is 0. The van der Waals surface area contributed by atoms with Crippen molar-refractivity contribution in [2.45, 2.75) is 38.7 Å². The molecule has 1 aromatic rings. The Bertz CT molecular complexity index is 726. The smallest absolute Gasteiger partial charge is 0.265 e. The van der Waals surface area contributed by atoms with Crippen LogP contribution in [-0.4, -0.2) is 82.5 Å². The molecule has 0 bridgehead atoms. The van der Waals surface area contributed by atoms with E-state index in [1.165, 1.54) is 0 Å². The van der Waals surface area contributed by atoms with Crippen LogP contribution in [0.15, 0.2) is 29.3 Å². The normalized spacial score (nSPS) is 16.9. The maximum atomic E-state index is 12.3. The number of methoxy groups -OCH3 is 1. The van der Waals surface area contributed by atoms with Gasteiger partial charge in [0.2, 0.25) is 0 Å². The van der Waals surface area contributed by atoms with Gasteiger partial charge < -0.3 is 29.3 Å². The lowest BCUT2D eigenvalue weighted by Crippen LogP contribution is -2.47. The number of hydrogen-bond donors (Lipinski definition) is 1. The number of carbonyl (C=O) groups is 1. The first-order chi connectivity index (χ1) is 15.2. The van der Waals surface area contributed by atoms with Crippen molar-refractivity contribution in [1.82, 2.24) is 10.2 Å². The molecular weight excluding hydrogens is 523 g/mol. The second kappa shape index (κ2) is 14.5. The number of benzene rings is 1. The minimum atomic E-state index is 0. The SMILES string of the molecule is CCNC(=NCCCN1C(=O)COc2ccccc21)N1CCC(OCCCOC)CC1.I. The van der Waals surface area contributed by atoms with Crippen molar-refractivity contribution in [3.63, 3.8) is 0 Å². The van der Waals surface area contributed by atoms with Gasteiger partial charge in [0.25, 0.3) is 5.91 Å². The maximum Gasteiger partial charge on any atom is 0.265 e. The molecule has 0 unspecified atom stereocenters. The van der Waals surface area contributed by atoms with Crippen molar-refractivity contribution in [1.29, 1.82) is 0 Å². The molecule has 9 heteroatoms. The number of piperidine rings is 1. The number of rotatable bonds is 10. The number of nitrogens with zero attached hydrogens (tertiary/aromatic N) is 3. The fourth-order valence-corrected chi connectivity index (χ4v) is 3.93. The van der Waals surface area contributed by atoms with Crippen molar-refractivity contribution in [3.8, 4) is 5.75 Å². The summed E-state index contributed by atoms with van der Waals surface area (Å²) in [5.41, 5.74) is 0.849. The summed E-state index contributed by atoms with van der Waals surface area (Å²) in [6.07, 6.45) is 4.08. The van der Waals surface area contributed by atoms with Gasteiger partial charge in [0.15, 0.2) is 12.6 Å². The molecule has 2 aliphatic rings. The van der Waals surface area contributed by atoms with Crippen molar-refractivity contribution < 1.29 is 19.0 Å². The van der Waals surface area contributed by atoms with Gasteiger partial charge in [-0.25, -0.2) is 0 Å². The standard InChI is InChI=1S/C23H36N4O4.HI/c1-3-24-23(26-14-10-19(11-15-26)30-17-7-16-29-2)25-12-6-13-27-20-8-4-5-9-21(20)31-18-22(27)28;/h4-5,8-9,19H,3,6-7,10-18H2,1-2H3,(H,24,25);1H. The van der Waals surface area contributed by atoms with Crippen LogP contribution in [0.5, 0.6) is 5.75 Å². The van der Waals surface area contributed by atoms with E-state index in [0.29, 0.717) is 19.2 Å². The number of likely N-dealkylation sites (tertiary alicyclic amines) is 1. The average molecular weight is 560 g/mol. The number of carbonyl (C=O) groups excluding carboxylic acids is 1. The number of hydrogen-bond acceptors (Lipinski definition) is 5. The van der Waals surface area contributed by atoms with Crippen LogP contribution in [0.25, 0.3) is 0 Å². The second-order valence-electron chi connectivity index (χ2n) is 7.79. The van der Waals surface area contributed by atoms with Crippen molar-refractivity contribution in [3.05, 3.63) is 24.3 Å². The third kappa shape index (κ3) is 7.77. The number of nitrogens with one attached hydrogen (secondary N) is 1. The number of guanidine groups is 1. The van der Waals surface area contributed by atoms with Gasteiger partial charge in [0.1, 0.15) is 5.75 Å². The van der Waals surface area contributed by atoms with Gasteiger partial charge in [-0.3, -0.25) is 9.79 Å². The van der Waals surface area contributed by atoms with Crippen molar-refractivity contribution >= 4 is 41.5 Å². The number of amides is 1. The Balaban J connectivity index is 0.00000363. The zero-order valence-corrected chi connectivity index (χ0v) is 21.6. The van der Waals surface area contributed by atoms with E-state index < -0.39 is 0 Å². The summed E-state index contributed by atoms with van der Waals surface area (Å²) in [6.45, 7) is 7.72. The Hall–Kier alpha value is -1.59. The Morgan fingerprint density at radius 1 is 1.22 bits per heavy atom. The molecular formula is C23H37IN4O4. The number of fused-ring (bicyclic) bond motifs is 1. The van der Waals surface area contributed by atoms with Crippen molar-refractivity contribution in [2.24, 2.45) is 4.99 Å². The highest BCUT2D eigenvalue weighted by Gasteiger charge is 2.25. The Morgan fingerprint density at radius 2 is 2.00 bits per heavy atom. The lowest BCUT2D eigenvalue weighted by atomic mass is 10.1. The van der Waals surface area contributed by atoms with E-state index in [4.69, 9.17) is 19.2 Å². The molecule has 8 nitrogen and oxygen atoms in total. The quantitative estimate of drug-likeness (QED) is 0.205. The van der Waals surface area contributed by atoms with Crippen LogP contribution in [0.4, 0.5) is 5.69 Å². The van der Waals surface area contributed by atoms with Crippen LogP contribution in [0.2, 0.25) is 0 Å². The summed E-state index contributed by atoms with van der Waals surface area (Å²) >= 11 is 0. The molecule has 32 heavy (non-hydrogen) atoms. The van der Waals surface area contributed by atoms with Crippen LogP contribution in [0.1, 0.15) is 32.6 Å². The summed E-state index contributed by atoms with van der Waals surface area (Å²) in [4.78, 5) is 21.2. The van der Waals surface area contributed by atoms with E-state index >= 15 is 0 Å². The predicted molar refractivity (Wildman–Crippen MR) is 137 cm³/mol. The van der Waals surface area contributed by atoms with Crippen LogP contribution >= 0.6 is 24.0 Å². The topological polar surface area (TPSA) is 75.6 Å². The highest BCUT2D eigenvalue weighted by Crippen LogP contribution is 2.31. The second-order valence-corrected chi connectivity index (χ2v) is 7.79. The van der Waals surface area contributed by atoms with Gasteiger partial charge in [0, 0.05) is 53.0 Å². The molecule has 0 atom stereocenters. The third-order valence-corrected chi connectivity index (χ3v) is 5.53.